The zero-order chi connectivity index (χ0) is 19.2. The Morgan fingerprint density at radius 1 is 1.15 bits per heavy atom. The van der Waals surface area contributed by atoms with Crippen molar-refractivity contribution in [3.8, 4) is 5.75 Å². The largest absolute Gasteiger partial charge is 0.497 e. The van der Waals surface area contributed by atoms with E-state index >= 15 is 0 Å². The molecule has 8 heteroatoms. The maximum absolute atomic E-state index is 12.1. The van der Waals surface area contributed by atoms with Gasteiger partial charge in [0.25, 0.3) is 0 Å². The second kappa shape index (κ2) is 9.14. The Labute approximate surface area is 154 Å². The van der Waals surface area contributed by atoms with Crippen LogP contribution in [0.25, 0.3) is 0 Å². The van der Waals surface area contributed by atoms with Gasteiger partial charge in [-0.2, -0.15) is 0 Å². The van der Waals surface area contributed by atoms with Crippen molar-refractivity contribution < 1.29 is 22.7 Å². The fourth-order valence-electron chi connectivity index (χ4n) is 2.96. The number of hydrogen-bond acceptors (Lipinski definition) is 5. The topological polar surface area (TPSA) is 92.8 Å². The first kappa shape index (κ1) is 20.4. The highest BCUT2D eigenvalue weighted by Crippen LogP contribution is 2.15. The molecule has 0 radical (unpaired) electrons. The molecular weight excluding hydrogens is 356 g/mol. The minimum atomic E-state index is -3.16. The summed E-state index contributed by atoms with van der Waals surface area (Å²) in [5.74, 6) is 0.607. The van der Waals surface area contributed by atoms with Crippen LogP contribution >= 0.6 is 0 Å². The molecule has 0 saturated carbocycles. The van der Waals surface area contributed by atoms with Crippen molar-refractivity contribution in [3.05, 3.63) is 29.8 Å². The summed E-state index contributed by atoms with van der Waals surface area (Å²) in [5, 5.41) is 2.93. The molecular formula is C18H26N2O5S. The lowest BCUT2D eigenvalue weighted by atomic mass is 10.0. The Morgan fingerprint density at radius 2 is 1.77 bits per heavy atom. The first-order chi connectivity index (χ1) is 12.3. The number of Topliss-reactive ketones (excluding diaryl/α,β-unsaturated/α-hetero) is 1. The van der Waals surface area contributed by atoms with E-state index < -0.39 is 10.0 Å². The average molecular weight is 382 g/mol. The van der Waals surface area contributed by atoms with Crippen molar-refractivity contribution in [1.29, 1.82) is 0 Å². The summed E-state index contributed by atoms with van der Waals surface area (Å²) in [6.45, 7) is 0.861. The molecule has 144 valence electrons. The highest BCUT2D eigenvalue weighted by molar-refractivity contribution is 7.88. The number of benzene rings is 1. The molecule has 1 aromatic rings. The Balaban J connectivity index is 1.68. The first-order valence-electron chi connectivity index (χ1n) is 8.71. The number of ether oxygens (including phenoxy) is 1. The highest BCUT2D eigenvalue weighted by Gasteiger charge is 2.25. The molecule has 1 aliphatic rings. The Bertz CT molecular complexity index is 722. The van der Waals surface area contributed by atoms with Crippen LogP contribution in [0.15, 0.2) is 24.3 Å². The van der Waals surface area contributed by atoms with Crippen LogP contribution in [-0.4, -0.2) is 56.9 Å². The van der Waals surface area contributed by atoms with E-state index in [1.54, 1.807) is 31.4 Å². The van der Waals surface area contributed by atoms with E-state index in [4.69, 9.17) is 4.74 Å². The van der Waals surface area contributed by atoms with Crippen LogP contribution in [0, 0.1) is 0 Å². The molecule has 1 heterocycles. The lowest BCUT2D eigenvalue weighted by Crippen LogP contribution is -2.46. The molecule has 1 amide bonds. The normalized spacial score (nSPS) is 16.2. The summed E-state index contributed by atoms with van der Waals surface area (Å²) < 4.78 is 29.4. The van der Waals surface area contributed by atoms with Gasteiger partial charge in [0.15, 0.2) is 5.78 Å². The van der Waals surface area contributed by atoms with Gasteiger partial charge in [-0.15, -0.1) is 0 Å². The lowest BCUT2D eigenvalue weighted by molar-refractivity contribution is -0.122. The molecule has 1 fully saturated rings. The number of sulfonamides is 1. The number of nitrogens with one attached hydrogen (secondary N) is 1. The van der Waals surface area contributed by atoms with Gasteiger partial charge in [0.05, 0.1) is 13.4 Å². The van der Waals surface area contributed by atoms with Gasteiger partial charge in [-0.25, -0.2) is 12.7 Å². The maximum Gasteiger partial charge on any atom is 0.220 e. The van der Waals surface area contributed by atoms with E-state index in [0.717, 1.165) is 0 Å². The van der Waals surface area contributed by atoms with Crippen molar-refractivity contribution in [2.24, 2.45) is 0 Å². The van der Waals surface area contributed by atoms with Gasteiger partial charge in [-0.3, -0.25) is 9.59 Å². The van der Waals surface area contributed by atoms with Crippen LogP contribution in [-0.2, 0) is 14.8 Å². The number of carbonyl (C=O) groups excluding carboxylic acids is 2. The van der Waals surface area contributed by atoms with Gasteiger partial charge in [0.1, 0.15) is 5.75 Å². The van der Waals surface area contributed by atoms with Crippen LogP contribution in [0.3, 0.4) is 0 Å². The van der Waals surface area contributed by atoms with Gasteiger partial charge in [0, 0.05) is 37.5 Å². The molecule has 2 rings (SSSR count). The van der Waals surface area contributed by atoms with E-state index in [9.17, 15) is 18.0 Å². The van der Waals surface area contributed by atoms with Crippen molar-refractivity contribution in [2.45, 2.75) is 38.1 Å². The van der Waals surface area contributed by atoms with Crippen LogP contribution in [0.2, 0.25) is 0 Å². The van der Waals surface area contributed by atoms with Gasteiger partial charge >= 0.3 is 0 Å². The summed E-state index contributed by atoms with van der Waals surface area (Å²) in [5.41, 5.74) is 0.611. The third-order valence-electron chi connectivity index (χ3n) is 4.51. The standard InChI is InChI=1S/C18H26N2O5S/c1-25-16-8-6-14(7-9-16)17(21)4-3-5-18(22)19-15-10-12-20(13-11-15)26(2,23)24/h6-9,15H,3-5,10-13H2,1-2H3,(H,19,22). The molecule has 0 spiro atoms. The smallest absolute Gasteiger partial charge is 0.220 e. The van der Waals surface area contributed by atoms with Crippen molar-refractivity contribution in [2.75, 3.05) is 26.5 Å². The van der Waals surface area contributed by atoms with Gasteiger partial charge in [-0.05, 0) is 43.5 Å². The number of hydrogen-bond donors (Lipinski definition) is 1. The molecule has 1 N–H and O–H groups in total. The van der Waals surface area contributed by atoms with E-state index in [2.05, 4.69) is 5.32 Å². The minimum Gasteiger partial charge on any atom is -0.497 e. The third kappa shape index (κ3) is 6.10. The highest BCUT2D eigenvalue weighted by atomic mass is 32.2. The van der Waals surface area contributed by atoms with E-state index in [1.165, 1.54) is 10.6 Å². The summed E-state index contributed by atoms with van der Waals surface area (Å²) in [6.07, 6.45) is 3.51. The van der Waals surface area contributed by atoms with Crippen LogP contribution in [0.4, 0.5) is 0 Å². The van der Waals surface area contributed by atoms with Crippen LogP contribution < -0.4 is 10.1 Å². The van der Waals surface area contributed by atoms with Crippen molar-refractivity contribution >= 4 is 21.7 Å². The fraction of sp³-hybridized carbons (Fsp3) is 0.556. The monoisotopic (exact) mass is 382 g/mol. The maximum atomic E-state index is 12.1. The molecule has 0 unspecified atom stereocenters. The van der Waals surface area contributed by atoms with Crippen molar-refractivity contribution in [1.82, 2.24) is 9.62 Å². The summed E-state index contributed by atoms with van der Waals surface area (Å²) in [6, 6.07) is 6.91. The minimum absolute atomic E-state index is 0.00177. The predicted molar refractivity (Wildman–Crippen MR) is 98.8 cm³/mol. The number of nitrogens with zero attached hydrogens (tertiary/aromatic N) is 1. The van der Waals surface area contributed by atoms with E-state index in [0.29, 0.717) is 50.1 Å². The lowest BCUT2D eigenvalue weighted by Gasteiger charge is -2.30. The predicted octanol–water partition coefficient (Wildman–Crippen LogP) is 1.59. The number of rotatable bonds is 8. The first-order valence-corrected chi connectivity index (χ1v) is 10.6. The Morgan fingerprint density at radius 3 is 2.31 bits per heavy atom. The Hall–Kier alpha value is -1.93. The zero-order valence-electron chi connectivity index (χ0n) is 15.2. The summed E-state index contributed by atoms with van der Waals surface area (Å²) >= 11 is 0. The molecule has 1 aliphatic heterocycles. The van der Waals surface area contributed by atoms with E-state index in [1.807, 2.05) is 0 Å². The molecule has 0 aromatic heterocycles. The quantitative estimate of drug-likeness (QED) is 0.689. The number of ketones is 1. The second-order valence-electron chi connectivity index (χ2n) is 6.51. The number of methoxy groups -OCH3 is 1. The molecule has 1 saturated heterocycles. The van der Waals surface area contributed by atoms with Gasteiger partial charge in [0.2, 0.25) is 15.9 Å². The molecule has 7 nitrogen and oxygen atoms in total. The third-order valence-corrected chi connectivity index (χ3v) is 5.81. The summed E-state index contributed by atoms with van der Waals surface area (Å²) in [4.78, 5) is 24.1. The van der Waals surface area contributed by atoms with Gasteiger partial charge in [-0.1, -0.05) is 0 Å². The Kier molecular flexibility index (Phi) is 7.16. The molecule has 0 atom stereocenters. The van der Waals surface area contributed by atoms with Crippen molar-refractivity contribution in [3.63, 3.8) is 0 Å². The molecule has 1 aromatic carbocycles. The average Bonchev–Trinajstić information content (AvgIpc) is 2.61. The molecule has 26 heavy (non-hydrogen) atoms. The number of piperidine rings is 1. The van der Waals surface area contributed by atoms with Crippen LogP contribution in [0.1, 0.15) is 42.5 Å². The number of carbonyl (C=O) groups is 2. The molecule has 0 aliphatic carbocycles. The summed E-state index contributed by atoms with van der Waals surface area (Å²) in [7, 11) is -1.59. The zero-order valence-corrected chi connectivity index (χ0v) is 16.0. The van der Waals surface area contributed by atoms with Crippen LogP contribution in [0.5, 0.6) is 5.75 Å². The fourth-order valence-corrected chi connectivity index (χ4v) is 3.84. The van der Waals surface area contributed by atoms with Gasteiger partial charge < -0.3 is 10.1 Å². The van der Waals surface area contributed by atoms with E-state index in [-0.39, 0.29) is 24.2 Å². The SMILES string of the molecule is COc1ccc(C(=O)CCCC(=O)NC2CCN(S(C)(=O)=O)CC2)cc1. The molecule has 0 bridgehead atoms. The number of amides is 1. The second-order valence-corrected chi connectivity index (χ2v) is 8.49.